The van der Waals surface area contributed by atoms with Gasteiger partial charge in [-0.3, -0.25) is 9.69 Å². The lowest BCUT2D eigenvalue weighted by Crippen LogP contribution is -2.38. The molecule has 2 aromatic heterocycles. The first kappa shape index (κ1) is 24.2. The van der Waals surface area contributed by atoms with E-state index in [0.29, 0.717) is 23.1 Å². The summed E-state index contributed by atoms with van der Waals surface area (Å²) in [5.74, 6) is 0.453. The summed E-state index contributed by atoms with van der Waals surface area (Å²) in [5.41, 5.74) is 10.3. The van der Waals surface area contributed by atoms with Crippen LogP contribution in [0, 0.1) is 6.92 Å². The van der Waals surface area contributed by atoms with Crippen LogP contribution in [0.25, 0.3) is 15.7 Å². The fraction of sp³-hybridized carbons (Fsp3) is 0.500. The van der Waals surface area contributed by atoms with Crippen molar-refractivity contribution in [3.63, 3.8) is 0 Å². The van der Waals surface area contributed by atoms with Crippen molar-refractivity contribution in [2.24, 2.45) is 0 Å². The van der Waals surface area contributed by atoms with Crippen LogP contribution in [-0.4, -0.2) is 55.6 Å². The minimum absolute atomic E-state index is 0.0511. The molecule has 1 aromatic carbocycles. The molecule has 0 radical (unpaired) electrons. The highest BCUT2D eigenvalue weighted by Gasteiger charge is 2.27. The third-order valence-electron chi connectivity index (χ3n) is 5.36. The SMILES string of the molecule is Cc1c2c(nn1-c1nnc(-c3ccc(OC(C)C)c(N)c3)s1)CCN(CC(=O)OC(C)(C)C)C2. The molecule has 182 valence electrons. The van der Waals surface area contributed by atoms with Crippen molar-refractivity contribution in [1.29, 1.82) is 0 Å². The average molecular weight is 485 g/mol. The van der Waals surface area contributed by atoms with Crippen molar-refractivity contribution in [1.82, 2.24) is 24.9 Å². The van der Waals surface area contributed by atoms with Crippen molar-refractivity contribution in [2.45, 2.75) is 66.2 Å². The van der Waals surface area contributed by atoms with Gasteiger partial charge in [0.15, 0.2) is 0 Å². The average Bonchev–Trinajstić information content (AvgIpc) is 3.33. The van der Waals surface area contributed by atoms with Crippen molar-refractivity contribution in [3.05, 3.63) is 35.2 Å². The number of carbonyl (C=O) groups excluding carboxylic acids is 1. The van der Waals surface area contributed by atoms with E-state index in [1.54, 1.807) is 0 Å². The van der Waals surface area contributed by atoms with Gasteiger partial charge >= 0.3 is 5.97 Å². The van der Waals surface area contributed by atoms with Gasteiger partial charge in [-0.1, -0.05) is 11.3 Å². The smallest absolute Gasteiger partial charge is 0.320 e. The summed E-state index contributed by atoms with van der Waals surface area (Å²) in [7, 11) is 0. The van der Waals surface area contributed by atoms with Gasteiger partial charge in [-0.25, -0.2) is 4.68 Å². The maximum atomic E-state index is 12.3. The van der Waals surface area contributed by atoms with Gasteiger partial charge in [0.25, 0.3) is 0 Å². The molecule has 0 fully saturated rings. The number of benzene rings is 1. The lowest BCUT2D eigenvalue weighted by molar-refractivity contribution is -0.156. The predicted molar refractivity (Wildman–Crippen MR) is 132 cm³/mol. The Bertz CT molecular complexity index is 1190. The number of nitrogens with two attached hydrogens (primary N) is 1. The Hall–Kier alpha value is -2.98. The lowest BCUT2D eigenvalue weighted by Gasteiger charge is -2.27. The minimum atomic E-state index is -0.485. The van der Waals surface area contributed by atoms with Gasteiger partial charge in [0.05, 0.1) is 24.0 Å². The Kier molecular flexibility index (Phi) is 6.64. The fourth-order valence-corrected chi connectivity index (χ4v) is 4.75. The van der Waals surface area contributed by atoms with Crippen LogP contribution in [-0.2, 0) is 22.5 Å². The van der Waals surface area contributed by atoms with Gasteiger partial charge < -0.3 is 15.2 Å². The molecule has 10 heteroatoms. The Morgan fingerprint density at radius 2 is 2.03 bits per heavy atom. The van der Waals surface area contributed by atoms with Crippen LogP contribution < -0.4 is 10.5 Å². The largest absolute Gasteiger partial charge is 0.489 e. The highest BCUT2D eigenvalue weighted by atomic mass is 32.1. The highest BCUT2D eigenvalue weighted by Crippen LogP contribution is 2.33. The van der Waals surface area contributed by atoms with Crippen molar-refractivity contribution >= 4 is 23.0 Å². The maximum absolute atomic E-state index is 12.3. The van der Waals surface area contributed by atoms with Gasteiger partial charge in [-0.05, 0) is 59.7 Å². The van der Waals surface area contributed by atoms with E-state index in [2.05, 4.69) is 15.1 Å². The Morgan fingerprint density at radius 3 is 2.71 bits per heavy atom. The molecule has 0 atom stereocenters. The topological polar surface area (TPSA) is 108 Å². The maximum Gasteiger partial charge on any atom is 0.320 e. The Labute approximate surface area is 203 Å². The first-order chi connectivity index (χ1) is 16.0. The number of nitrogens with zero attached hydrogens (tertiary/aromatic N) is 5. The fourth-order valence-electron chi connectivity index (χ4n) is 3.90. The van der Waals surface area contributed by atoms with Crippen LogP contribution in [0.4, 0.5) is 5.69 Å². The molecule has 0 saturated carbocycles. The van der Waals surface area contributed by atoms with E-state index in [4.69, 9.17) is 20.3 Å². The molecule has 0 amide bonds. The third kappa shape index (κ3) is 5.39. The third-order valence-corrected chi connectivity index (χ3v) is 6.31. The molecule has 3 aromatic rings. The molecule has 34 heavy (non-hydrogen) atoms. The number of rotatable bonds is 6. The number of nitrogen functional groups attached to an aromatic ring is 1. The molecule has 0 saturated heterocycles. The molecule has 9 nitrogen and oxygen atoms in total. The van der Waals surface area contributed by atoms with Crippen molar-refractivity contribution < 1.29 is 14.3 Å². The zero-order chi connectivity index (χ0) is 24.6. The first-order valence-corrected chi connectivity index (χ1v) is 12.2. The van der Waals surface area contributed by atoms with Crippen molar-refractivity contribution in [3.8, 4) is 21.5 Å². The molecule has 0 aliphatic carbocycles. The molecule has 2 N–H and O–H groups in total. The molecule has 4 rings (SSSR count). The highest BCUT2D eigenvalue weighted by molar-refractivity contribution is 7.17. The van der Waals surface area contributed by atoms with Crippen LogP contribution in [0.2, 0.25) is 0 Å². The van der Waals surface area contributed by atoms with Crippen molar-refractivity contribution in [2.75, 3.05) is 18.8 Å². The lowest BCUT2D eigenvalue weighted by atomic mass is 10.1. The summed E-state index contributed by atoms with van der Waals surface area (Å²) in [6, 6.07) is 5.66. The van der Waals surface area contributed by atoms with E-state index in [9.17, 15) is 4.79 Å². The standard InChI is InChI=1S/C24H32N6O3S/c1-14(2)32-20-8-7-16(11-18(20)25)22-26-27-23(34-22)30-15(3)17-12-29(10-9-19(17)28-30)13-21(31)33-24(4,5)6/h7-8,11,14H,9-10,12-13,25H2,1-6H3. The van der Waals surface area contributed by atoms with Crippen LogP contribution in [0.15, 0.2) is 18.2 Å². The first-order valence-electron chi connectivity index (χ1n) is 11.4. The summed E-state index contributed by atoms with van der Waals surface area (Å²) >= 11 is 1.46. The van der Waals surface area contributed by atoms with Crippen LogP contribution in [0.3, 0.4) is 0 Å². The van der Waals surface area contributed by atoms with Gasteiger partial charge in [0, 0.05) is 36.3 Å². The summed E-state index contributed by atoms with van der Waals surface area (Å²) in [6.07, 6.45) is 0.820. The number of carbonyl (C=O) groups is 1. The molecule has 0 spiro atoms. The van der Waals surface area contributed by atoms with E-state index >= 15 is 0 Å². The number of ether oxygens (including phenoxy) is 2. The van der Waals surface area contributed by atoms with E-state index < -0.39 is 5.60 Å². The minimum Gasteiger partial charge on any atom is -0.489 e. The molecule has 0 bridgehead atoms. The summed E-state index contributed by atoms with van der Waals surface area (Å²) in [5, 5.41) is 15.0. The summed E-state index contributed by atoms with van der Waals surface area (Å²) < 4.78 is 13.1. The number of aromatic nitrogens is 4. The predicted octanol–water partition coefficient (Wildman–Crippen LogP) is 3.77. The van der Waals surface area contributed by atoms with E-state index in [1.807, 2.05) is 64.4 Å². The van der Waals surface area contributed by atoms with Gasteiger partial charge in [0.1, 0.15) is 16.4 Å². The van der Waals surface area contributed by atoms with Gasteiger partial charge in [-0.15, -0.1) is 10.2 Å². The van der Waals surface area contributed by atoms with E-state index in [1.165, 1.54) is 11.3 Å². The Morgan fingerprint density at radius 1 is 1.26 bits per heavy atom. The zero-order valence-electron chi connectivity index (χ0n) is 20.6. The second kappa shape index (κ2) is 9.34. The number of fused-ring (bicyclic) bond motifs is 1. The molecular formula is C24H32N6O3S. The van der Waals surface area contributed by atoms with Gasteiger partial charge in [-0.2, -0.15) is 5.10 Å². The molecular weight excluding hydrogens is 452 g/mol. The quantitative estimate of drug-likeness (QED) is 0.416. The number of esters is 1. The monoisotopic (exact) mass is 484 g/mol. The van der Waals surface area contributed by atoms with E-state index in [-0.39, 0.29) is 18.6 Å². The number of anilines is 1. The second-order valence-electron chi connectivity index (χ2n) is 9.78. The second-order valence-corrected chi connectivity index (χ2v) is 10.7. The summed E-state index contributed by atoms with van der Waals surface area (Å²) in [4.78, 5) is 14.4. The molecule has 1 aliphatic rings. The van der Waals surface area contributed by atoms with Crippen LogP contribution >= 0.6 is 11.3 Å². The number of hydrogen-bond donors (Lipinski definition) is 1. The molecule has 3 heterocycles. The molecule has 1 aliphatic heterocycles. The van der Waals surface area contributed by atoms with E-state index in [0.717, 1.165) is 40.5 Å². The zero-order valence-corrected chi connectivity index (χ0v) is 21.4. The Balaban J connectivity index is 1.51. The normalized spacial score (nSPS) is 14.3. The number of hydrogen-bond acceptors (Lipinski definition) is 9. The van der Waals surface area contributed by atoms with Crippen LogP contribution in [0.5, 0.6) is 5.75 Å². The van der Waals surface area contributed by atoms with Crippen LogP contribution in [0.1, 0.15) is 51.6 Å². The molecule has 0 unspecified atom stereocenters. The summed E-state index contributed by atoms with van der Waals surface area (Å²) in [6.45, 7) is 13.3. The van der Waals surface area contributed by atoms with Gasteiger partial charge in [0.2, 0.25) is 5.13 Å².